The zero-order chi connectivity index (χ0) is 23.0. The van der Waals surface area contributed by atoms with Crippen molar-refractivity contribution in [3.05, 3.63) is 95.6 Å². The second kappa shape index (κ2) is 10.8. The van der Waals surface area contributed by atoms with E-state index in [0.29, 0.717) is 17.8 Å². The van der Waals surface area contributed by atoms with Gasteiger partial charge in [0, 0.05) is 12.6 Å². The summed E-state index contributed by atoms with van der Waals surface area (Å²) in [5.74, 6) is 0.481. The Hall–Kier alpha value is -3.64. The van der Waals surface area contributed by atoms with Crippen LogP contribution < -0.4 is 15.4 Å². The molecule has 0 bridgehead atoms. The highest BCUT2D eigenvalue weighted by molar-refractivity contribution is 6.04. The van der Waals surface area contributed by atoms with E-state index < -0.39 is 0 Å². The highest BCUT2D eigenvalue weighted by atomic mass is 16.5. The average molecular weight is 444 g/mol. The number of para-hydroxylation sites is 1. The number of nitrogens with one attached hydrogen (secondary N) is 2. The van der Waals surface area contributed by atoms with E-state index >= 15 is 0 Å². The summed E-state index contributed by atoms with van der Waals surface area (Å²) in [4.78, 5) is 27.9. The molecule has 6 nitrogen and oxygen atoms in total. The summed E-state index contributed by atoms with van der Waals surface area (Å²) in [7, 11) is 1.65. The Bertz CT molecular complexity index is 1080. The number of rotatable bonds is 8. The highest BCUT2D eigenvalue weighted by Gasteiger charge is 2.28. The standard InChI is InChI=1S/C27H29N3O3/c1-33-22-15-13-21(14-16-22)25-12-7-17-30(25)19-26(31)29-24-11-6-5-10-23(24)27(32)28-18-20-8-3-2-4-9-20/h2-6,8-11,13-16,25H,7,12,17-19H2,1H3,(H,28,32)(H,29,31)/t25-/m1/s1. The van der Waals surface area contributed by atoms with E-state index in [2.05, 4.69) is 27.7 Å². The first-order valence-electron chi connectivity index (χ1n) is 11.2. The van der Waals surface area contributed by atoms with Gasteiger partial charge in [-0.15, -0.1) is 0 Å². The fraction of sp³-hybridized carbons (Fsp3) is 0.259. The van der Waals surface area contributed by atoms with Gasteiger partial charge < -0.3 is 15.4 Å². The Morgan fingerprint density at radius 1 is 0.970 bits per heavy atom. The molecule has 33 heavy (non-hydrogen) atoms. The van der Waals surface area contributed by atoms with Gasteiger partial charge in [-0.3, -0.25) is 14.5 Å². The molecule has 1 aliphatic heterocycles. The normalized spacial score (nSPS) is 15.7. The minimum Gasteiger partial charge on any atom is -0.497 e. The number of amides is 2. The SMILES string of the molecule is COc1ccc([C@H]2CCCN2CC(=O)Nc2ccccc2C(=O)NCc2ccccc2)cc1. The van der Waals surface area contributed by atoms with Crippen molar-refractivity contribution in [1.29, 1.82) is 0 Å². The van der Waals surface area contributed by atoms with E-state index in [1.807, 2.05) is 48.5 Å². The monoisotopic (exact) mass is 443 g/mol. The Balaban J connectivity index is 1.38. The topological polar surface area (TPSA) is 70.7 Å². The summed E-state index contributed by atoms with van der Waals surface area (Å²) < 4.78 is 5.25. The van der Waals surface area contributed by atoms with Crippen molar-refractivity contribution < 1.29 is 14.3 Å². The first-order chi connectivity index (χ1) is 16.1. The molecule has 0 spiro atoms. The van der Waals surface area contributed by atoms with Crippen LogP contribution in [0.5, 0.6) is 5.75 Å². The van der Waals surface area contributed by atoms with Crippen molar-refractivity contribution in [2.24, 2.45) is 0 Å². The molecule has 3 aromatic rings. The van der Waals surface area contributed by atoms with Crippen LogP contribution in [0.4, 0.5) is 5.69 Å². The van der Waals surface area contributed by atoms with Gasteiger partial charge in [0.15, 0.2) is 0 Å². The lowest BCUT2D eigenvalue weighted by Crippen LogP contribution is -2.33. The van der Waals surface area contributed by atoms with Crippen LogP contribution in [0.15, 0.2) is 78.9 Å². The summed E-state index contributed by atoms with van der Waals surface area (Å²) in [6.45, 7) is 1.57. The molecule has 0 radical (unpaired) electrons. The predicted octanol–water partition coefficient (Wildman–Crippen LogP) is 4.40. The first-order valence-corrected chi connectivity index (χ1v) is 11.2. The third-order valence-electron chi connectivity index (χ3n) is 5.95. The van der Waals surface area contributed by atoms with Gasteiger partial charge in [0.05, 0.1) is 24.9 Å². The fourth-order valence-corrected chi connectivity index (χ4v) is 4.26. The Labute approximate surface area is 194 Å². The van der Waals surface area contributed by atoms with Gasteiger partial charge in [0.25, 0.3) is 5.91 Å². The van der Waals surface area contributed by atoms with E-state index in [-0.39, 0.29) is 24.4 Å². The van der Waals surface area contributed by atoms with E-state index in [1.165, 1.54) is 5.56 Å². The number of anilines is 1. The van der Waals surface area contributed by atoms with Crippen LogP contribution in [0.25, 0.3) is 0 Å². The molecule has 0 aromatic heterocycles. The fourth-order valence-electron chi connectivity index (χ4n) is 4.26. The molecule has 1 atom stereocenters. The number of hydrogen-bond donors (Lipinski definition) is 2. The second-order valence-corrected chi connectivity index (χ2v) is 8.16. The lowest BCUT2D eigenvalue weighted by Gasteiger charge is -2.24. The number of carbonyl (C=O) groups excluding carboxylic acids is 2. The molecule has 4 rings (SSSR count). The molecule has 1 saturated heterocycles. The van der Waals surface area contributed by atoms with Gasteiger partial charge in [-0.1, -0.05) is 54.6 Å². The molecule has 2 N–H and O–H groups in total. The molecule has 0 aliphatic carbocycles. The molecule has 2 amide bonds. The Morgan fingerprint density at radius 3 is 2.45 bits per heavy atom. The van der Waals surface area contributed by atoms with Crippen molar-refractivity contribution in [2.75, 3.05) is 25.5 Å². The molecule has 0 saturated carbocycles. The average Bonchev–Trinajstić information content (AvgIpc) is 3.31. The number of likely N-dealkylation sites (tertiary alicyclic amines) is 1. The largest absolute Gasteiger partial charge is 0.497 e. The van der Waals surface area contributed by atoms with Gasteiger partial charge >= 0.3 is 0 Å². The molecule has 0 unspecified atom stereocenters. The van der Waals surface area contributed by atoms with Crippen molar-refractivity contribution in [3.8, 4) is 5.75 Å². The summed E-state index contributed by atoms with van der Waals surface area (Å²) in [5.41, 5.74) is 3.18. The Kier molecular flexibility index (Phi) is 7.37. The maximum atomic E-state index is 12.9. The summed E-state index contributed by atoms with van der Waals surface area (Å²) in [6, 6.07) is 25.1. The quantitative estimate of drug-likeness (QED) is 0.541. The number of methoxy groups -OCH3 is 1. The molecule has 1 heterocycles. The number of ether oxygens (including phenoxy) is 1. The van der Waals surface area contributed by atoms with Gasteiger partial charge in [-0.05, 0) is 54.8 Å². The van der Waals surface area contributed by atoms with Crippen LogP contribution in [0.3, 0.4) is 0 Å². The van der Waals surface area contributed by atoms with Crippen molar-refractivity contribution in [3.63, 3.8) is 0 Å². The first kappa shape index (κ1) is 22.6. The van der Waals surface area contributed by atoms with Gasteiger partial charge in [0.1, 0.15) is 5.75 Å². The molecule has 6 heteroatoms. The zero-order valence-corrected chi connectivity index (χ0v) is 18.8. The minimum atomic E-state index is -0.216. The van der Waals surface area contributed by atoms with Crippen LogP contribution in [0, 0.1) is 0 Å². The van der Waals surface area contributed by atoms with Gasteiger partial charge in [-0.25, -0.2) is 0 Å². The third-order valence-corrected chi connectivity index (χ3v) is 5.95. The van der Waals surface area contributed by atoms with Crippen LogP contribution >= 0.6 is 0 Å². The lowest BCUT2D eigenvalue weighted by molar-refractivity contribution is -0.117. The number of nitrogens with zero attached hydrogens (tertiary/aromatic N) is 1. The summed E-state index contributed by atoms with van der Waals surface area (Å²) in [6.07, 6.45) is 2.06. The van der Waals surface area contributed by atoms with Crippen molar-refractivity contribution >= 4 is 17.5 Å². The number of hydrogen-bond acceptors (Lipinski definition) is 4. The maximum absolute atomic E-state index is 12.9. The van der Waals surface area contributed by atoms with Crippen molar-refractivity contribution in [2.45, 2.75) is 25.4 Å². The molecular weight excluding hydrogens is 414 g/mol. The van der Waals surface area contributed by atoms with E-state index in [0.717, 1.165) is 30.7 Å². The molecule has 1 aliphatic rings. The molecular formula is C27H29N3O3. The van der Waals surface area contributed by atoms with E-state index in [9.17, 15) is 9.59 Å². The van der Waals surface area contributed by atoms with Crippen LogP contribution in [-0.4, -0.2) is 36.9 Å². The molecule has 1 fully saturated rings. The smallest absolute Gasteiger partial charge is 0.253 e. The van der Waals surface area contributed by atoms with Crippen LogP contribution in [-0.2, 0) is 11.3 Å². The van der Waals surface area contributed by atoms with E-state index in [1.54, 1.807) is 25.3 Å². The lowest BCUT2D eigenvalue weighted by atomic mass is 10.0. The van der Waals surface area contributed by atoms with Crippen molar-refractivity contribution in [1.82, 2.24) is 10.2 Å². The summed E-state index contributed by atoms with van der Waals surface area (Å²) in [5, 5.41) is 5.87. The van der Waals surface area contributed by atoms with Gasteiger partial charge in [0.2, 0.25) is 5.91 Å². The predicted molar refractivity (Wildman–Crippen MR) is 129 cm³/mol. The number of carbonyl (C=O) groups is 2. The highest BCUT2D eigenvalue weighted by Crippen LogP contribution is 2.32. The second-order valence-electron chi connectivity index (χ2n) is 8.16. The molecule has 3 aromatic carbocycles. The maximum Gasteiger partial charge on any atom is 0.253 e. The minimum absolute atomic E-state index is 0.126. The van der Waals surface area contributed by atoms with E-state index in [4.69, 9.17) is 4.74 Å². The van der Waals surface area contributed by atoms with Crippen LogP contribution in [0.1, 0.15) is 40.4 Å². The number of benzene rings is 3. The molecule has 170 valence electrons. The Morgan fingerprint density at radius 2 is 1.70 bits per heavy atom. The summed E-state index contributed by atoms with van der Waals surface area (Å²) >= 11 is 0. The van der Waals surface area contributed by atoms with Crippen LogP contribution in [0.2, 0.25) is 0 Å². The zero-order valence-electron chi connectivity index (χ0n) is 18.8. The van der Waals surface area contributed by atoms with Gasteiger partial charge in [-0.2, -0.15) is 0 Å². The third kappa shape index (κ3) is 5.79.